The Kier molecular flexibility index (Phi) is 13.2. The van der Waals surface area contributed by atoms with Crippen LogP contribution in [0.3, 0.4) is 0 Å². The van der Waals surface area contributed by atoms with E-state index in [9.17, 15) is 19.2 Å². The Bertz CT molecular complexity index is 1370. The van der Waals surface area contributed by atoms with Gasteiger partial charge in [0.25, 0.3) is 5.91 Å². The van der Waals surface area contributed by atoms with Crippen LogP contribution in [-0.2, 0) is 27.5 Å². The van der Waals surface area contributed by atoms with Crippen LogP contribution >= 0.6 is 0 Å². The number of fused-ring (bicyclic) bond motifs is 1. The minimum absolute atomic E-state index is 0.131. The number of amides is 4. The first-order valence-electron chi connectivity index (χ1n) is 17.2. The largest absolute Gasteiger partial charge is 0.491 e. The highest BCUT2D eigenvalue weighted by Gasteiger charge is 2.33. The van der Waals surface area contributed by atoms with Crippen molar-refractivity contribution in [1.82, 2.24) is 25.8 Å². The molecule has 4 rings (SSSR count). The third kappa shape index (κ3) is 10.5. The molecule has 1 saturated heterocycles. The molecule has 2 aliphatic rings. The summed E-state index contributed by atoms with van der Waals surface area (Å²) in [5.74, 6) is -0.914. The van der Waals surface area contributed by atoms with Crippen LogP contribution in [0.25, 0.3) is 0 Å². The van der Waals surface area contributed by atoms with Gasteiger partial charge in [0.1, 0.15) is 24.4 Å². The van der Waals surface area contributed by atoms with Gasteiger partial charge in [-0.15, -0.1) is 0 Å². The van der Waals surface area contributed by atoms with Crippen LogP contribution in [0.4, 0.5) is 0 Å². The number of para-hydroxylation sites is 1. The summed E-state index contributed by atoms with van der Waals surface area (Å²) in [6, 6.07) is 12.6. The fraction of sp³-hybridized carbons (Fsp3) is 0.568. The highest BCUT2D eigenvalue weighted by molar-refractivity contribution is 6.01. The standard InChI is InChI=1S/C37H53N5O5/c1-25(2)19-29-24-47-33-16-10-9-15-30(33)35(44)40-31(21-34(43)39-32(20-26(3)4)37(46)41(29)5)36(45)38-22-27-13-7-8-14-28(27)23-42-17-11-6-12-18-42/h7-10,13-16,25-26,29,31-32H,6,11-12,17-24H2,1-5H3,(H,38,45)(H,39,43)(H,40,44)/t29-,31-,32+/m0/s1. The lowest BCUT2D eigenvalue weighted by Gasteiger charge is -2.33. The second-order valence-electron chi connectivity index (χ2n) is 13.8. The molecule has 1 fully saturated rings. The summed E-state index contributed by atoms with van der Waals surface area (Å²) in [7, 11) is 1.74. The van der Waals surface area contributed by atoms with Crippen LogP contribution < -0.4 is 20.7 Å². The molecule has 10 nitrogen and oxygen atoms in total. The maximum Gasteiger partial charge on any atom is 0.255 e. The highest BCUT2D eigenvalue weighted by Crippen LogP contribution is 2.22. The number of likely N-dealkylation sites (tertiary alicyclic amines) is 1. The molecule has 4 amide bonds. The van der Waals surface area contributed by atoms with Gasteiger partial charge in [0.15, 0.2) is 0 Å². The molecule has 2 aromatic rings. The van der Waals surface area contributed by atoms with E-state index < -0.39 is 29.8 Å². The molecule has 0 aliphatic carbocycles. The van der Waals surface area contributed by atoms with Gasteiger partial charge in [-0.2, -0.15) is 0 Å². The Balaban J connectivity index is 1.58. The number of nitrogens with one attached hydrogen (secondary N) is 3. The van der Waals surface area contributed by atoms with Gasteiger partial charge in [0.2, 0.25) is 17.7 Å². The summed E-state index contributed by atoms with van der Waals surface area (Å²) < 4.78 is 6.20. The number of carbonyl (C=O) groups excluding carboxylic acids is 4. The summed E-state index contributed by atoms with van der Waals surface area (Å²) in [5.41, 5.74) is 2.39. The van der Waals surface area contributed by atoms with E-state index in [-0.39, 0.29) is 48.9 Å². The Morgan fingerprint density at radius 2 is 1.55 bits per heavy atom. The molecular formula is C37H53N5O5. The van der Waals surface area contributed by atoms with E-state index in [0.29, 0.717) is 18.6 Å². The number of rotatable bonds is 9. The molecule has 2 heterocycles. The first kappa shape index (κ1) is 35.9. The van der Waals surface area contributed by atoms with E-state index in [4.69, 9.17) is 4.74 Å². The predicted octanol–water partition coefficient (Wildman–Crippen LogP) is 4.27. The molecule has 47 heavy (non-hydrogen) atoms. The van der Waals surface area contributed by atoms with Crippen molar-refractivity contribution in [1.29, 1.82) is 0 Å². The molecule has 0 unspecified atom stereocenters. The minimum atomic E-state index is -1.17. The Morgan fingerprint density at radius 1 is 0.894 bits per heavy atom. The van der Waals surface area contributed by atoms with E-state index >= 15 is 0 Å². The average Bonchev–Trinajstić information content (AvgIpc) is 3.04. The Hall–Kier alpha value is -3.92. The predicted molar refractivity (Wildman–Crippen MR) is 183 cm³/mol. The first-order valence-corrected chi connectivity index (χ1v) is 17.2. The van der Waals surface area contributed by atoms with Crippen molar-refractivity contribution >= 4 is 23.6 Å². The molecule has 2 aromatic carbocycles. The van der Waals surface area contributed by atoms with Gasteiger partial charge in [-0.1, -0.05) is 70.5 Å². The van der Waals surface area contributed by atoms with Gasteiger partial charge in [-0.25, -0.2) is 0 Å². The summed E-state index contributed by atoms with van der Waals surface area (Å²) in [5, 5.41) is 8.66. The number of nitrogens with zero attached hydrogens (tertiary/aromatic N) is 2. The second-order valence-corrected chi connectivity index (χ2v) is 13.8. The normalized spacial score (nSPS) is 21.8. The van der Waals surface area contributed by atoms with Crippen molar-refractivity contribution in [2.24, 2.45) is 11.8 Å². The zero-order valence-electron chi connectivity index (χ0n) is 28.7. The minimum Gasteiger partial charge on any atom is -0.491 e. The summed E-state index contributed by atoms with van der Waals surface area (Å²) in [6.07, 6.45) is 4.43. The lowest BCUT2D eigenvalue weighted by atomic mass is 9.99. The lowest BCUT2D eigenvalue weighted by Crippen LogP contribution is -2.54. The molecule has 0 saturated carbocycles. The molecule has 10 heteroatoms. The number of likely N-dealkylation sites (N-methyl/N-ethyl adjacent to an activating group) is 1. The number of benzene rings is 2. The fourth-order valence-electron chi connectivity index (χ4n) is 6.40. The van der Waals surface area contributed by atoms with Crippen LogP contribution in [0.2, 0.25) is 0 Å². The Labute approximate surface area is 280 Å². The van der Waals surface area contributed by atoms with Crippen molar-refractivity contribution in [3.8, 4) is 5.75 Å². The van der Waals surface area contributed by atoms with E-state index in [1.165, 1.54) is 19.3 Å². The number of hydrogen-bond acceptors (Lipinski definition) is 6. The number of hydrogen-bond donors (Lipinski definition) is 3. The third-order valence-corrected chi connectivity index (χ3v) is 8.97. The van der Waals surface area contributed by atoms with E-state index in [0.717, 1.165) is 30.8 Å². The van der Waals surface area contributed by atoms with Crippen molar-refractivity contribution in [3.05, 3.63) is 65.2 Å². The van der Waals surface area contributed by atoms with Crippen LogP contribution in [0.15, 0.2) is 48.5 Å². The maximum atomic E-state index is 13.8. The van der Waals surface area contributed by atoms with Crippen LogP contribution in [0, 0.1) is 11.8 Å². The average molecular weight is 648 g/mol. The second kappa shape index (κ2) is 17.3. The van der Waals surface area contributed by atoms with Crippen molar-refractivity contribution in [2.75, 3.05) is 26.7 Å². The summed E-state index contributed by atoms with van der Waals surface area (Å²) in [4.78, 5) is 58.8. The van der Waals surface area contributed by atoms with Gasteiger partial charge in [-0.3, -0.25) is 24.1 Å². The summed E-state index contributed by atoms with van der Waals surface area (Å²) >= 11 is 0. The van der Waals surface area contributed by atoms with Crippen molar-refractivity contribution in [3.63, 3.8) is 0 Å². The quantitative estimate of drug-likeness (QED) is 0.374. The van der Waals surface area contributed by atoms with Crippen molar-refractivity contribution < 1.29 is 23.9 Å². The molecule has 0 bridgehead atoms. The fourth-order valence-corrected chi connectivity index (χ4v) is 6.40. The smallest absolute Gasteiger partial charge is 0.255 e. The zero-order valence-corrected chi connectivity index (χ0v) is 28.7. The molecule has 0 radical (unpaired) electrons. The number of carbonyl (C=O) groups is 4. The first-order chi connectivity index (χ1) is 22.5. The van der Waals surface area contributed by atoms with Gasteiger partial charge in [0.05, 0.1) is 18.0 Å². The molecule has 3 N–H and O–H groups in total. The lowest BCUT2D eigenvalue weighted by molar-refractivity contribution is -0.138. The van der Waals surface area contributed by atoms with Gasteiger partial charge in [0, 0.05) is 20.1 Å². The van der Waals surface area contributed by atoms with Gasteiger partial charge >= 0.3 is 0 Å². The summed E-state index contributed by atoms with van der Waals surface area (Å²) in [6.45, 7) is 11.5. The van der Waals surface area contributed by atoms with Crippen LogP contribution in [-0.4, -0.2) is 78.3 Å². The molecule has 3 atom stereocenters. The van der Waals surface area contributed by atoms with E-state index in [2.05, 4.69) is 40.8 Å². The molecule has 0 aromatic heterocycles. The molecule has 2 aliphatic heterocycles. The zero-order chi connectivity index (χ0) is 33.9. The maximum absolute atomic E-state index is 13.8. The van der Waals surface area contributed by atoms with Gasteiger partial charge < -0.3 is 25.6 Å². The van der Waals surface area contributed by atoms with Crippen molar-refractivity contribution in [2.45, 2.75) is 97.4 Å². The molecule has 0 spiro atoms. The highest BCUT2D eigenvalue weighted by atomic mass is 16.5. The van der Waals surface area contributed by atoms with E-state index in [1.807, 2.05) is 32.0 Å². The van der Waals surface area contributed by atoms with Crippen LogP contribution in [0.1, 0.15) is 87.7 Å². The molecular weight excluding hydrogens is 594 g/mol. The van der Waals surface area contributed by atoms with E-state index in [1.54, 1.807) is 36.2 Å². The number of ether oxygens (including phenoxy) is 1. The number of piperidine rings is 1. The monoisotopic (exact) mass is 647 g/mol. The Morgan fingerprint density at radius 3 is 2.26 bits per heavy atom. The SMILES string of the molecule is CC(C)C[C@H]1COc2ccccc2C(=O)N[C@H](C(=O)NCc2ccccc2CN2CCCCC2)CC(=O)N[C@H](CC(C)C)C(=O)N1C. The van der Waals surface area contributed by atoms with Gasteiger partial charge in [-0.05, 0) is 73.9 Å². The molecule has 256 valence electrons. The third-order valence-electron chi connectivity index (χ3n) is 8.97. The van der Waals surface area contributed by atoms with Crippen LogP contribution in [0.5, 0.6) is 5.75 Å². The topological polar surface area (TPSA) is 120 Å².